The lowest BCUT2D eigenvalue weighted by Gasteiger charge is -2.13. The molecule has 1 unspecified atom stereocenters. The molecule has 1 aromatic rings. The van der Waals surface area contributed by atoms with Gasteiger partial charge in [0.1, 0.15) is 0 Å². The molecule has 1 rings (SSSR count). The van der Waals surface area contributed by atoms with Crippen LogP contribution >= 0.6 is 31.9 Å². The van der Waals surface area contributed by atoms with Crippen molar-refractivity contribution in [3.8, 4) is 12.3 Å². The van der Waals surface area contributed by atoms with E-state index < -0.39 is 0 Å². The predicted molar refractivity (Wildman–Crippen MR) is 68.5 cm³/mol. The number of benzene rings is 1. The van der Waals surface area contributed by atoms with Gasteiger partial charge in [0.2, 0.25) is 0 Å². The van der Waals surface area contributed by atoms with E-state index in [1.165, 1.54) is 5.56 Å². The lowest BCUT2D eigenvalue weighted by atomic mass is 10.2. The van der Waals surface area contributed by atoms with Crippen molar-refractivity contribution in [2.24, 2.45) is 0 Å². The van der Waals surface area contributed by atoms with Crippen LogP contribution < -0.4 is 5.32 Å². The highest BCUT2D eigenvalue weighted by atomic mass is 79.9. The Balaban J connectivity index is 3.04. The molecule has 0 amide bonds. The van der Waals surface area contributed by atoms with Crippen molar-refractivity contribution in [3.05, 3.63) is 26.6 Å². The maximum atomic E-state index is 5.31. The van der Waals surface area contributed by atoms with Gasteiger partial charge in [0.25, 0.3) is 0 Å². The lowest BCUT2D eigenvalue weighted by Crippen LogP contribution is -2.12. The zero-order valence-electron chi connectivity index (χ0n) is 8.07. The van der Waals surface area contributed by atoms with Crippen LogP contribution in [0.4, 0.5) is 5.69 Å². The molecule has 0 radical (unpaired) electrons. The summed E-state index contributed by atoms with van der Waals surface area (Å²) in [6.07, 6.45) is 5.31. The van der Waals surface area contributed by atoms with Gasteiger partial charge in [-0.2, -0.15) is 0 Å². The minimum absolute atomic E-state index is 0.0188. The van der Waals surface area contributed by atoms with E-state index in [-0.39, 0.29) is 6.04 Å². The van der Waals surface area contributed by atoms with Crippen molar-refractivity contribution in [3.63, 3.8) is 0 Å². The number of nitrogens with one attached hydrogen (secondary N) is 1. The molecule has 0 aliphatic rings. The Morgan fingerprint density at radius 2 is 1.86 bits per heavy atom. The Kier molecular flexibility index (Phi) is 4.03. The zero-order valence-corrected chi connectivity index (χ0v) is 11.2. The van der Waals surface area contributed by atoms with Crippen molar-refractivity contribution in [2.45, 2.75) is 19.9 Å². The van der Waals surface area contributed by atoms with Gasteiger partial charge in [0.05, 0.1) is 11.7 Å². The van der Waals surface area contributed by atoms with Crippen LogP contribution in [0.25, 0.3) is 0 Å². The number of rotatable bonds is 2. The second kappa shape index (κ2) is 4.86. The lowest BCUT2D eigenvalue weighted by molar-refractivity contribution is 1.03. The highest BCUT2D eigenvalue weighted by molar-refractivity contribution is 9.11. The topological polar surface area (TPSA) is 12.0 Å². The molecule has 0 aliphatic heterocycles. The molecule has 1 N–H and O–H groups in total. The third kappa shape index (κ3) is 2.76. The summed E-state index contributed by atoms with van der Waals surface area (Å²) in [5.41, 5.74) is 2.20. The first-order valence-corrected chi connectivity index (χ1v) is 5.81. The van der Waals surface area contributed by atoms with Crippen molar-refractivity contribution >= 4 is 37.5 Å². The Hall–Kier alpha value is -0.460. The van der Waals surface area contributed by atoms with E-state index in [2.05, 4.69) is 55.2 Å². The van der Waals surface area contributed by atoms with Crippen LogP contribution in [0, 0.1) is 19.3 Å². The molecule has 74 valence electrons. The van der Waals surface area contributed by atoms with E-state index in [4.69, 9.17) is 6.42 Å². The molecule has 1 nitrogen and oxygen atoms in total. The first kappa shape index (κ1) is 11.6. The van der Waals surface area contributed by atoms with E-state index in [1.54, 1.807) is 0 Å². The van der Waals surface area contributed by atoms with Crippen molar-refractivity contribution in [1.29, 1.82) is 0 Å². The number of hydrogen-bond acceptors (Lipinski definition) is 1. The van der Waals surface area contributed by atoms with E-state index in [1.807, 2.05) is 13.8 Å². The molecule has 0 heterocycles. The normalized spacial score (nSPS) is 11.9. The molecule has 0 fully saturated rings. The first-order valence-electron chi connectivity index (χ1n) is 4.23. The van der Waals surface area contributed by atoms with Crippen LogP contribution in [-0.2, 0) is 0 Å². The third-order valence-corrected chi connectivity index (χ3v) is 3.05. The molecule has 0 saturated carbocycles. The average molecular weight is 317 g/mol. The summed E-state index contributed by atoms with van der Waals surface area (Å²) in [6.45, 7) is 3.99. The smallest absolute Gasteiger partial charge is 0.0846 e. The van der Waals surface area contributed by atoms with Crippen molar-refractivity contribution in [2.75, 3.05) is 5.32 Å². The van der Waals surface area contributed by atoms with Crippen LogP contribution in [0.15, 0.2) is 21.1 Å². The summed E-state index contributed by atoms with van der Waals surface area (Å²) in [7, 11) is 0. The molecule has 3 heteroatoms. The van der Waals surface area contributed by atoms with Gasteiger partial charge in [0, 0.05) is 8.95 Å². The summed E-state index contributed by atoms with van der Waals surface area (Å²) >= 11 is 6.99. The molecule has 0 bridgehead atoms. The van der Waals surface area contributed by atoms with E-state index in [9.17, 15) is 0 Å². The second-order valence-electron chi connectivity index (χ2n) is 3.14. The molecule has 0 spiro atoms. The monoisotopic (exact) mass is 315 g/mol. The van der Waals surface area contributed by atoms with Gasteiger partial charge in [-0.15, -0.1) is 6.42 Å². The fourth-order valence-electron chi connectivity index (χ4n) is 1.10. The van der Waals surface area contributed by atoms with Gasteiger partial charge in [0.15, 0.2) is 0 Å². The number of anilines is 1. The van der Waals surface area contributed by atoms with Crippen molar-refractivity contribution in [1.82, 2.24) is 0 Å². The number of halogens is 2. The quantitative estimate of drug-likeness (QED) is 0.815. The molecule has 1 atom stereocenters. The largest absolute Gasteiger partial charge is 0.370 e. The summed E-state index contributed by atoms with van der Waals surface area (Å²) in [4.78, 5) is 0. The van der Waals surface area contributed by atoms with Crippen LogP contribution in [0.5, 0.6) is 0 Å². The minimum Gasteiger partial charge on any atom is -0.370 e. The van der Waals surface area contributed by atoms with E-state index >= 15 is 0 Å². The van der Waals surface area contributed by atoms with Gasteiger partial charge >= 0.3 is 0 Å². The minimum atomic E-state index is 0.0188. The summed E-state index contributed by atoms with van der Waals surface area (Å²) in [5.74, 6) is 2.63. The maximum absolute atomic E-state index is 5.31. The summed E-state index contributed by atoms with van der Waals surface area (Å²) in [5, 5.41) is 3.23. The van der Waals surface area contributed by atoms with Crippen LogP contribution in [0.3, 0.4) is 0 Å². The molecule has 0 aliphatic carbocycles. The zero-order chi connectivity index (χ0) is 10.7. The summed E-state index contributed by atoms with van der Waals surface area (Å²) in [6, 6.07) is 4.12. The van der Waals surface area contributed by atoms with Gasteiger partial charge in [-0.3, -0.25) is 0 Å². The van der Waals surface area contributed by atoms with E-state index in [0.717, 1.165) is 14.6 Å². The van der Waals surface area contributed by atoms with Gasteiger partial charge in [-0.05, 0) is 63.4 Å². The third-order valence-electron chi connectivity index (χ3n) is 1.80. The summed E-state index contributed by atoms with van der Waals surface area (Å²) < 4.78 is 2.04. The molecule has 1 aromatic carbocycles. The standard InChI is InChI=1S/C11H11Br2N/c1-4-8(3)14-11-9(12)5-7(2)6-10(11)13/h1,5-6,8,14H,2-3H3. The Bertz CT molecular complexity index is 356. The van der Waals surface area contributed by atoms with Crippen LogP contribution in [0.1, 0.15) is 12.5 Å². The van der Waals surface area contributed by atoms with Gasteiger partial charge in [-0.25, -0.2) is 0 Å². The fourth-order valence-corrected chi connectivity index (χ4v) is 2.74. The molecule has 0 saturated heterocycles. The number of aryl methyl sites for hydroxylation is 1. The Labute approximate surface area is 102 Å². The highest BCUT2D eigenvalue weighted by Crippen LogP contribution is 2.32. The van der Waals surface area contributed by atoms with Crippen LogP contribution in [-0.4, -0.2) is 6.04 Å². The van der Waals surface area contributed by atoms with Crippen LogP contribution in [0.2, 0.25) is 0 Å². The molecule has 14 heavy (non-hydrogen) atoms. The first-order chi connectivity index (χ1) is 6.54. The van der Waals surface area contributed by atoms with Crippen molar-refractivity contribution < 1.29 is 0 Å². The molecular formula is C11H11Br2N. The second-order valence-corrected chi connectivity index (χ2v) is 4.84. The maximum Gasteiger partial charge on any atom is 0.0846 e. The fraction of sp³-hybridized carbons (Fsp3) is 0.273. The Morgan fingerprint density at radius 3 is 2.29 bits per heavy atom. The number of terminal acetylenes is 1. The molecular weight excluding hydrogens is 306 g/mol. The molecule has 0 aromatic heterocycles. The number of hydrogen-bond donors (Lipinski definition) is 1. The average Bonchev–Trinajstić information content (AvgIpc) is 2.10. The Morgan fingerprint density at radius 1 is 1.36 bits per heavy atom. The van der Waals surface area contributed by atoms with E-state index in [0.29, 0.717) is 0 Å². The predicted octanol–water partition coefficient (Wildman–Crippen LogP) is 3.95. The highest BCUT2D eigenvalue weighted by Gasteiger charge is 2.07. The van der Waals surface area contributed by atoms with Gasteiger partial charge < -0.3 is 5.32 Å². The van der Waals surface area contributed by atoms with Gasteiger partial charge in [-0.1, -0.05) is 5.92 Å². The SMILES string of the molecule is C#CC(C)Nc1c(Br)cc(C)cc1Br.